The summed E-state index contributed by atoms with van der Waals surface area (Å²) in [6.45, 7) is 0.454. The number of amides is 1. The molecule has 0 aromatic carbocycles. The van der Waals surface area contributed by atoms with Gasteiger partial charge in [-0.1, -0.05) is 12.8 Å². The van der Waals surface area contributed by atoms with Crippen molar-refractivity contribution in [3.05, 3.63) is 0 Å². The highest BCUT2D eigenvalue weighted by Crippen LogP contribution is 2.49. The van der Waals surface area contributed by atoms with E-state index in [-0.39, 0.29) is 5.91 Å². The number of hydrogen-bond acceptors (Lipinski definition) is 2. The first kappa shape index (κ1) is 9.00. The first-order valence-electron chi connectivity index (χ1n) is 5.27. The second kappa shape index (κ2) is 3.66. The van der Waals surface area contributed by atoms with E-state index in [1.54, 1.807) is 7.05 Å². The molecule has 0 saturated heterocycles. The van der Waals surface area contributed by atoms with Crippen LogP contribution < -0.4 is 10.6 Å². The molecule has 2 aliphatic rings. The minimum Gasteiger partial charge on any atom is -0.352 e. The fourth-order valence-corrected chi connectivity index (χ4v) is 2.60. The summed E-state index contributed by atoms with van der Waals surface area (Å²) in [4.78, 5) is 11.3. The summed E-state index contributed by atoms with van der Waals surface area (Å²) < 4.78 is 0. The monoisotopic (exact) mass is 182 g/mol. The van der Waals surface area contributed by atoms with Crippen molar-refractivity contribution in [2.24, 2.45) is 11.8 Å². The van der Waals surface area contributed by atoms with Gasteiger partial charge < -0.3 is 10.6 Å². The normalized spacial score (nSPS) is 36.5. The van der Waals surface area contributed by atoms with Crippen LogP contribution in [0.15, 0.2) is 0 Å². The lowest BCUT2D eigenvalue weighted by atomic mass is 10.0. The molecule has 0 heterocycles. The molecule has 2 saturated carbocycles. The van der Waals surface area contributed by atoms with Gasteiger partial charge in [0, 0.05) is 6.04 Å². The molecule has 0 bridgehead atoms. The van der Waals surface area contributed by atoms with Gasteiger partial charge >= 0.3 is 0 Å². The van der Waals surface area contributed by atoms with Crippen LogP contribution in [0.25, 0.3) is 0 Å². The van der Waals surface area contributed by atoms with Crippen molar-refractivity contribution in [3.63, 3.8) is 0 Å². The van der Waals surface area contributed by atoms with E-state index in [2.05, 4.69) is 10.6 Å². The van der Waals surface area contributed by atoms with Gasteiger partial charge in [0.25, 0.3) is 0 Å². The van der Waals surface area contributed by atoms with E-state index in [0.717, 1.165) is 11.8 Å². The highest BCUT2D eigenvalue weighted by atomic mass is 16.2. The molecule has 0 aromatic rings. The second-order valence-corrected chi connectivity index (χ2v) is 4.24. The second-order valence-electron chi connectivity index (χ2n) is 4.24. The number of likely N-dealkylation sites (N-methyl/N-ethyl adjacent to an activating group) is 1. The van der Waals surface area contributed by atoms with Crippen LogP contribution in [-0.4, -0.2) is 25.5 Å². The summed E-state index contributed by atoms with van der Waals surface area (Å²) >= 11 is 0. The Morgan fingerprint density at radius 3 is 2.46 bits per heavy atom. The number of carbonyl (C=O) groups excluding carboxylic acids is 1. The highest BCUT2D eigenvalue weighted by molar-refractivity contribution is 5.78. The standard InChI is InChI=1S/C10H18N2O/c1-11-6-9(13)12-10-7-4-2-3-5-8(7)10/h7-8,10-11H,2-6H2,1H3,(H,12,13). The van der Waals surface area contributed by atoms with Crippen molar-refractivity contribution < 1.29 is 4.79 Å². The maximum absolute atomic E-state index is 11.3. The summed E-state index contributed by atoms with van der Waals surface area (Å²) in [5.41, 5.74) is 0. The molecule has 2 N–H and O–H groups in total. The highest BCUT2D eigenvalue weighted by Gasteiger charge is 2.51. The molecular formula is C10H18N2O. The number of hydrogen-bond donors (Lipinski definition) is 2. The van der Waals surface area contributed by atoms with Crippen LogP contribution in [0.4, 0.5) is 0 Å². The van der Waals surface area contributed by atoms with Crippen LogP contribution in [0.5, 0.6) is 0 Å². The van der Waals surface area contributed by atoms with Crippen molar-refractivity contribution >= 4 is 5.91 Å². The van der Waals surface area contributed by atoms with E-state index in [0.29, 0.717) is 12.6 Å². The summed E-state index contributed by atoms with van der Waals surface area (Å²) in [5.74, 6) is 1.78. The minimum absolute atomic E-state index is 0.155. The van der Waals surface area contributed by atoms with E-state index >= 15 is 0 Å². The lowest BCUT2D eigenvalue weighted by molar-refractivity contribution is -0.120. The Hall–Kier alpha value is -0.570. The molecule has 13 heavy (non-hydrogen) atoms. The third kappa shape index (κ3) is 1.85. The third-order valence-corrected chi connectivity index (χ3v) is 3.32. The van der Waals surface area contributed by atoms with Gasteiger partial charge in [-0.2, -0.15) is 0 Å². The van der Waals surface area contributed by atoms with Gasteiger partial charge in [-0.05, 0) is 31.7 Å². The Balaban J connectivity index is 1.75. The molecule has 1 amide bonds. The van der Waals surface area contributed by atoms with E-state index in [9.17, 15) is 4.79 Å². The molecule has 0 aliphatic heterocycles. The predicted octanol–water partition coefficient (Wildman–Crippen LogP) is 0.511. The smallest absolute Gasteiger partial charge is 0.234 e. The van der Waals surface area contributed by atoms with Gasteiger partial charge in [-0.25, -0.2) is 0 Å². The lowest BCUT2D eigenvalue weighted by Gasteiger charge is -2.04. The zero-order valence-electron chi connectivity index (χ0n) is 8.18. The Morgan fingerprint density at radius 1 is 1.31 bits per heavy atom. The molecule has 3 heteroatoms. The molecule has 74 valence electrons. The summed E-state index contributed by atoms with van der Waals surface area (Å²) in [5, 5.41) is 5.97. The van der Waals surface area contributed by atoms with Crippen molar-refractivity contribution in [2.75, 3.05) is 13.6 Å². The van der Waals surface area contributed by atoms with Gasteiger partial charge in [-0.15, -0.1) is 0 Å². The average molecular weight is 182 g/mol. The maximum atomic E-state index is 11.3. The summed E-state index contributed by atoms with van der Waals surface area (Å²) in [7, 11) is 1.81. The average Bonchev–Trinajstić information content (AvgIpc) is 2.80. The lowest BCUT2D eigenvalue weighted by Crippen LogP contribution is -2.34. The third-order valence-electron chi connectivity index (χ3n) is 3.32. The molecule has 3 nitrogen and oxygen atoms in total. The fourth-order valence-electron chi connectivity index (χ4n) is 2.60. The molecule has 2 unspecified atom stereocenters. The number of fused-ring (bicyclic) bond motifs is 1. The molecule has 0 spiro atoms. The minimum atomic E-state index is 0.155. The fraction of sp³-hybridized carbons (Fsp3) is 0.900. The zero-order valence-corrected chi connectivity index (χ0v) is 8.18. The summed E-state index contributed by atoms with van der Waals surface area (Å²) in [6, 6.07) is 0.517. The molecule has 2 rings (SSSR count). The quantitative estimate of drug-likeness (QED) is 0.667. The topological polar surface area (TPSA) is 41.1 Å². The van der Waals surface area contributed by atoms with E-state index in [4.69, 9.17) is 0 Å². The van der Waals surface area contributed by atoms with Crippen LogP contribution in [0.3, 0.4) is 0 Å². The SMILES string of the molecule is CNCC(=O)NC1C2CCCCC21. The van der Waals surface area contributed by atoms with Crippen LogP contribution >= 0.6 is 0 Å². The van der Waals surface area contributed by atoms with Crippen LogP contribution in [-0.2, 0) is 4.79 Å². The van der Waals surface area contributed by atoms with Gasteiger partial charge in [0.1, 0.15) is 0 Å². The van der Waals surface area contributed by atoms with Crippen LogP contribution in [0.1, 0.15) is 25.7 Å². The first-order valence-corrected chi connectivity index (χ1v) is 5.27. The van der Waals surface area contributed by atoms with Crippen LogP contribution in [0, 0.1) is 11.8 Å². The van der Waals surface area contributed by atoms with Crippen molar-refractivity contribution in [1.82, 2.24) is 10.6 Å². The van der Waals surface area contributed by atoms with Gasteiger partial charge in [0.2, 0.25) is 5.91 Å². The van der Waals surface area contributed by atoms with Gasteiger partial charge in [0.15, 0.2) is 0 Å². The van der Waals surface area contributed by atoms with Gasteiger partial charge in [-0.3, -0.25) is 4.79 Å². The number of nitrogens with one attached hydrogen (secondary N) is 2. The molecule has 0 radical (unpaired) electrons. The van der Waals surface area contributed by atoms with Crippen molar-refractivity contribution in [3.8, 4) is 0 Å². The van der Waals surface area contributed by atoms with Crippen molar-refractivity contribution in [2.45, 2.75) is 31.7 Å². The van der Waals surface area contributed by atoms with E-state index in [1.165, 1.54) is 25.7 Å². The first-order chi connectivity index (χ1) is 6.33. The Bertz CT molecular complexity index is 193. The van der Waals surface area contributed by atoms with Crippen LogP contribution in [0.2, 0.25) is 0 Å². The summed E-state index contributed by atoms with van der Waals surface area (Å²) in [6.07, 6.45) is 5.38. The molecular weight excluding hydrogens is 164 g/mol. The zero-order chi connectivity index (χ0) is 9.26. The largest absolute Gasteiger partial charge is 0.352 e. The predicted molar refractivity (Wildman–Crippen MR) is 51.3 cm³/mol. The van der Waals surface area contributed by atoms with E-state index < -0.39 is 0 Å². The molecule has 2 atom stereocenters. The Labute approximate surface area is 79.3 Å². The van der Waals surface area contributed by atoms with Crippen molar-refractivity contribution in [1.29, 1.82) is 0 Å². The maximum Gasteiger partial charge on any atom is 0.234 e. The Morgan fingerprint density at radius 2 is 1.92 bits per heavy atom. The molecule has 2 fully saturated rings. The number of rotatable bonds is 3. The Kier molecular flexibility index (Phi) is 2.54. The molecule has 2 aliphatic carbocycles. The van der Waals surface area contributed by atoms with E-state index in [1.807, 2.05) is 0 Å². The number of carbonyl (C=O) groups is 1. The van der Waals surface area contributed by atoms with Gasteiger partial charge in [0.05, 0.1) is 6.54 Å². The molecule has 0 aromatic heterocycles.